The molecule has 40 heavy (non-hydrogen) atoms. The lowest BCUT2D eigenvalue weighted by molar-refractivity contribution is -0.137. The number of nitrogens with zero attached hydrogens (tertiary/aromatic N) is 3. The molecule has 1 aromatic heterocycles. The Morgan fingerprint density at radius 3 is 2.60 bits per heavy atom. The predicted molar refractivity (Wildman–Crippen MR) is 141 cm³/mol. The zero-order valence-corrected chi connectivity index (χ0v) is 22.5. The first-order chi connectivity index (χ1) is 18.9. The second-order valence-electron chi connectivity index (χ2n) is 10.4. The molecule has 1 fully saturated rings. The van der Waals surface area contributed by atoms with Crippen molar-refractivity contribution in [3.05, 3.63) is 87.3 Å². The molecular weight excluding hydrogens is 520 g/mol. The summed E-state index contributed by atoms with van der Waals surface area (Å²) in [5.41, 5.74) is -0.543. The Labute approximate surface area is 229 Å². The number of carbonyl (C=O) groups is 2. The lowest BCUT2D eigenvalue weighted by atomic mass is 9.84. The third-order valence-electron chi connectivity index (χ3n) is 7.02. The zero-order valence-electron chi connectivity index (χ0n) is 22.5. The number of hydrogen-bond donors (Lipinski definition) is 2. The Hall–Kier alpha value is -4.59. The van der Waals surface area contributed by atoms with E-state index in [1.807, 2.05) is 0 Å². The number of rotatable bonds is 7. The number of aryl methyl sites for hydroxylation is 1. The third kappa shape index (κ3) is 5.86. The van der Waals surface area contributed by atoms with Gasteiger partial charge >= 0.3 is 5.56 Å². The Bertz CT molecular complexity index is 1550. The molecule has 2 amide bonds. The fourth-order valence-corrected chi connectivity index (χ4v) is 4.91. The molecule has 0 saturated carbocycles. The van der Waals surface area contributed by atoms with Crippen molar-refractivity contribution in [2.45, 2.75) is 58.7 Å². The van der Waals surface area contributed by atoms with Gasteiger partial charge in [0.1, 0.15) is 11.9 Å². The van der Waals surface area contributed by atoms with E-state index in [-0.39, 0.29) is 17.1 Å². The standard InChI is InChI=1S/C29H29F2N5O4/c1-16-12-24(27(38)35-34-16)40-23-10-8-19(14-21(23)31)26(37)33-17(2)28(39)36-22(18-6-5-7-20(30)13-18)9-11-25(36)29(3,4)15-32/h5-8,10,12-14,17,22,25H,9,11H2,1-4H3,(H,33,37)(H,35,38)/t17-,22?,25?/m1/s1. The van der Waals surface area contributed by atoms with Crippen LogP contribution in [0, 0.1) is 35.3 Å². The van der Waals surface area contributed by atoms with Crippen molar-refractivity contribution in [2.75, 3.05) is 0 Å². The fourth-order valence-electron chi connectivity index (χ4n) is 4.91. The van der Waals surface area contributed by atoms with Crippen molar-refractivity contribution < 1.29 is 23.1 Å². The predicted octanol–water partition coefficient (Wildman–Crippen LogP) is 4.55. The van der Waals surface area contributed by atoms with E-state index in [0.29, 0.717) is 24.1 Å². The zero-order chi connectivity index (χ0) is 29.2. The number of aromatic nitrogens is 2. The van der Waals surface area contributed by atoms with Crippen molar-refractivity contribution >= 4 is 11.8 Å². The Kier molecular flexibility index (Phi) is 8.00. The summed E-state index contributed by atoms with van der Waals surface area (Å²) in [6.45, 7) is 6.61. The molecule has 0 spiro atoms. The maximum atomic E-state index is 14.8. The Morgan fingerprint density at radius 2 is 1.93 bits per heavy atom. The Morgan fingerprint density at radius 1 is 1.18 bits per heavy atom. The molecule has 1 saturated heterocycles. The minimum absolute atomic E-state index is 0.0682. The van der Waals surface area contributed by atoms with E-state index < -0.39 is 52.5 Å². The van der Waals surface area contributed by atoms with Crippen molar-refractivity contribution in [1.29, 1.82) is 5.26 Å². The number of H-pyrrole nitrogens is 1. The van der Waals surface area contributed by atoms with Crippen LogP contribution in [0.1, 0.15) is 61.3 Å². The van der Waals surface area contributed by atoms with Crippen LogP contribution in [-0.2, 0) is 4.79 Å². The SMILES string of the molecule is Cc1cc(Oc2ccc(C(=O)N[C@H](C)C(=O)N3C(c4cccc(F)c4)CCC3C(C)(C)C#N)cc2F)c(=O)[nH]n1. The lowest BCUT2D eigenvalue weighted by Gasteiger charge is -2.38. The number of nitriles is 1. The molecule has 3 atom stereocenters. The number of amides is 2. The molecule has 1 aliphatic heterocycles. The van der Waals surface area contributed by atoms with E-state index in [1.54, 1.807) is 37.8 Å². The average molecular weight is 550 g/mol. The molecule has 11 heteroatoms. The van der Waals surface area contributed by atoms with Crippen molar-refractivity contribution in [3.63, 3.8) is 0 Å². The molecule has 9 nitrogen and oxygen atoms in total. The number of carbonyl (C=O) groups excluding carboxylic acids is 2. The van der Waals surface area contributed by atoms with Crippen LogP contribution in [0.3, 0.4) is 0 Å². The van der Waals surface area contributed by atoms with Gasteiger partial charge in [0, 0.05) is 11.6 Å². The van der Waals surface area contributed by atoms with E-state index in [0.717, 1.165) is 6.07 Å². The molecule has 2 aromatic carbocycles. The number of benzene rings is 2. The number of aromatic amines is 1. The smallest absolute Gasteiger partial charge is 0.307 e. The second-order valence-corrected chi connectivity index (χ2v) is 10.4. The molecular formula is C29H29F2N5O4. The highest BCUT2D eigenvalue weighted by Gasteiger charge is 2.46. The topological polar surface area (TPSA) is 128 Å². The average Bonchev–Trinajstić information content (AvgIpc) is 3.37. The second kappa shape index (κ2) is 11.3. The third-order valence-corrected chi connectivity index (χ3v) is 7.02. The van der Waals surface area contributed by atoms with Gasteiger partial charge in [-0.1, -0.05) is 12.1 Å². The van der Waals surface area contributed by atoms with E-state index in [2.05, 4.69) is 21.6 Å². The highest BCUT2D eigenvalue weighted by Crippen LogP contribution is 2.43. The van der Waals surface area contributed by atoms with Crippen LogP contribution >= 0.6 is 0 Å². The van der Waals surface area contributed by atoms with Crippen LogP contribution in [0.5, 0.6) is 11.5 Å². The van der Waals surface area contributed by atoms with Crippen LogP contribution in [0.15, 0.2) is 53.3 Å². The number of nitrogens with one attached hydrogen (secondary N) is 2. The van der Waals surface area contributed by atoms with Gasteiger partial charge in [0.2, 0.25) is 5.91 Å². The highest BCUT2D eigenvalue weighted by molar-refractivity contribution is 5.97. The molecule has 0 aliphatic carbocycles. The number of hydrogen-bond acceptors (Lipinski definition) is 6. The molecule has 2 unspecified atom stereocenters. The molecule has 0 bridgehead atoms. The summed E-state index contributed by atoms with van der Waals surface area (Å²) in [7, 11) is 0. The minimum Gasteiger partial charge on any atom is -0.448 e. The van der Waals surface area contributed by atoms with Gasteiger partial charge in [-0.25, -0.2) is 13.9 Å². The van der Waals surface area contributed by atoms with Gasteiger partial charge in [-0.2, -0.15) is 10.4 Å². The molecule has 3 aromatic rings. The summed E-state index contributed by atoms with van der Waals surface area (Å²) < 4.78 is 34.2. The van der Waals surface area contributed by atoms with Gasteiger partial charge in [0.15, 0.2) is 17.3 Å². The van der Waals surface area contributed by atoms with E-state index >= 15 is 0 Å². The first kappa shape index (κ1) is 28.4. The van der Waals surface area contributed by atoms with Crippen molar-refractivity contribution in [3.8, 4) is 17.6 Å². The molecule has 2 N–H and O–H groups in total. The summed E-state index contributed by atoms with van der Waals surface area (Å²) in [5.74, 6) is -2.90. The van der Waals surface area contributed by atoms with Crippen molar-refractivity contribution in [1.82, 2.24) is 20.4 Å². The largest absolute Gasteiger partial charge is 0.448 e. The van der Waals surface area contributed by atoms with Gasteiger partial charge in [-0.3, -0.25) is 14.4 Å². The van der Waals surface area contributed by atoms with Crippen molar-refractivity contribution in [2.24, 2.45) is 5.41 Å². The van der Waals surface area contributed by atoms with Crippen LogP contribution in [-0.4, -0.2) is 39.0 Å². The van der Waals surface area contributed by atoms with Gasteiger partial charge < -0.3 is 15.0 Å². The summed E-state index contributed by atoms with van der Waals surface area (Å²) >= 11 is 0. The molecule has 2 heterocycles. The first-order valence-corrected chi connectivity index (χ1v) is 12.7. The van der Waals surface area contributed by atoms with Crippen LogP contribution in [0.2, 0.25) is 0 Å². The number of halogens is 2. The Balaban J connectivity index is 1.53. The molecule has 0 radical (unpaired) electrons. The first-order valence-electron chi connectivity index (χ1n) is 12.7. The van der Waals surface area contributed by atoms with Crippen LogP contribution in [0.25, 0.3) is 0 Å². The van der Waals surface area contributed by atoms with Gasteiger partial charge in [-0.05, 0) is 76.4 Å². The maximum Gasteiger partial charge on any atom is 0.307 e. The summed E-state index contributed by atoms with van der Waals surface area (Å²) in [6, 6.07) is 11.1. The van der Waals surface area contributed by atoms with E-state index in [1.165, 1.54) is 37.3 Å². The minimum atomic E-state index is -1.03. The normalized spacial score (nSPS) is 17.7. The lowest BCUT2D eigenvalue weighted by Crippen LogP contribution is -2.52. The maximum absolute atomic E-state index is 14.8. The van der Waals surface area contributed by atoms with E-state index in [4.69, 9.17) is 4.74 Å². The monoisotopic (exact) mass is 549 g/mol. The van der Waals surface area contributed by atoms with Gasteiger partial charge in [0.05, 0.1) is 29.3 Å². The van der Waals surface area contributed by atoms with Crippen LogP contribution < -0.4 is 15.6 Å². The molecule has 208 valence electrons. The summed E-state index contributed by atoms with van der Waals surface area (Å²) in [6.07, 6.45) is 1.05. The molecule has 4 rings (SSSR count). The van der Waals surface area contributed by atoms with E-state index in [9.17, 15) is 28.4 Å². The fraction of sp³-hybridized carbons (Fsp3) is 0.345. The quantitative estimate of drug-likeness (QED) is 0.445. The summed E-state index contributed by atoms with van der Waals surface area (Å²) in [4.78, 5) is 40.1. The van der Waals surface area contributed by atoms with Gasteiger partial charge in [0.25, 0.3) is 5.91 Å². The molecule has 1 aliphatic rings. The number of likely N-dealkylation sites (tertiary alicyclic amines) is 1. The van der Waals surface area contributed by atoms with Crippen LogP contribution in [0.4, 0.5) is 8.78 Å². The highest BCUT2D eigenvalue weighted by atomic mass is 19.1. The number of ether oxygens (including phenoxy) is 1. The van der Waals surface area contributed by atoms with Gasteiger partial charge in [-0.15, -0.1) is 0 Å². The summed E-state index contributed by atoms with van der Waals surface area (Å²) in [5, 5.41) is 18.3.